The number of fused-ring (bicyclic) bond motifs is 2. The summed E-state index contributed by atoms with van der Waals surface area (Å²) in [6, 6.07) is 4.75. The number of carbonyl (C=O) groups excluding carboxylic acids is 1. The molecule has 0 radical (unpaired) electrons. The van der Waals surface area contributed by atoms with E-state index in [2.05, 4.69) is 20.8 Å². The number of rotatable bonds is 1. The van der Waals surface area contributed by atoms with Gasteiger partial charge in [0.2, 0.25) is 0 Å². The van der Waals surface area contributed by atoms with Crippen LogP contribution in [0.5, 0.6) is 0 Å². The van der Waals surface area contributed by atoms with E-state index in [1.54, 1.807) is 0 Å². The summed E-state index contributed by atoms with van der Waals surface area (Å²) in [5.74, 6) is -0.148. The molecule has 126 valence electrons. The van der Waals surface area contributed by atoms with E-state index in [-0.39, 0.29) is 22.8 Å². The van der Waals surface area contributed by atoms with Gasteiger partial charge in [-0.2, -0.15) is 13.2 Å². The van der Waals surface area contributed by atoms with Crippen molar-refractivity contribution >= 4 is 5.91 Å². The maximum Gasteiger partial charge on any atom is 0.416 e. The highest BCUT2D eigenvalue weighted by Crippen LogP contribution is 2.52. The summed E-state index contributed by atoms with van der Waals surface area (Å²) >= 11 is 0. The Morgan fingerprint density at radius 1 is 1.13 bits per heavy atom. The number of alkyl halides is 3. The zero-order valence-electron chi connectivity index (χ0n) is 13.7. The molecule has 1 aliphatic heterocycles. The quantitative estimate of drug-likeness (QED) is 0.730. The first-order chi connectivity index (χ1) is 10.5. The van der Waals surface area contributed by atoms with Crippen molar-refractivity contribution in [2.45, 2.75) is 52.3 Å². The Kier molecular flexibility index (Phi) is 3.54. The monoisotopic (exact) mass is 325 g/mol. The molecular formula is C18H22F3NO. The number of amides is 1. The highest BCUT2D eigenvalue weighted by molar-refractivity contribution is 5.94. The van der Waals surface area contributed by atoms with E-state index in [0.29, 0.717) is 12.1 Å². The van der Waals surface area contributed by atoms with E-state index in [9.17, 15) is 18.0 Å². The van der Waals surface area contributed by atoms with Crippen molar-refractivity contribution in [1.29, 1.82) is 0 Å². The Balaban J connectivity index is 1.82. The third kappa shape index (κ3) is 3.10. The first kappa shape index (κ1) is 16.3. The number of hydrogen-bond donors (Lipinski definition) is 0. The Bertz CT molecular complexity index is 620. The van der Waals surface area contributed by atoms with E-state index < -0.39 is 11.7 Å². The van der Waals surface area contributed by atoms with Crippen LogP contribution in [0.2, 0.25) is 0 Å². The minimum atomic E-state index is -4.37. The molecule has 0 N–H and O–H groups in total. The van der Waals surface area contributed by atoms with E-state index in [1.807, 2.05) is 4.90 Å². The van der Waals surface area contributed by atoms with Crippen LogP contribution >= 0.6 is 0 Å². The lowest BCUT2D eigenvalue weighted by atomic mass is 9.65. The average Bonchev–Trinajstić information content (AvgIpc) is 2.66. The molecule has 2 bridgehead atoms. The van der Waals surface area contributed by atoms with Gasteiger partial charge in [0, 0.05) is 18.2 Å². The van der Waals surface area contributed by atoms with Crippen molar-refractivity contribution in [1.82, 2.24) is 4.90 Å². The van der Waals surface area contributed by atoms with Crippen LogP contribution in [-0.4, -0.2) is 23.4 Å². The molecule has 1 saturated heterocycles. The first-order valence-electron chi connectivity index (χ1n) is 7.97. The standard InChI is InChI=1S/C18H22F3NO/c1-16(2)8-14-9-17(3,10-16)11-22(14)15(23)12-4-6-13(7-5-12)18(19,20)21/h4-7,14H,8-11H2,1-3H3. The lowest BCUT2D eigenvalue weighted by molar-refractivity contribution is -0.137. The summed E-state index contributed by atoms with van der Waals surface area (Å²) < 4.78 is 37.9. The van der Waals surface area contributed by atoms with Gasteiger partial charge in [0.1, 0.15) is 0 Å². The molecule has 1 amide bonds. The summed E-state index contributed by atoms with van der Waals surface area (Å²) in [6.45, 7) is 7.36. The van der Waals surface area contributed by atoms with Gasteiger partial charge in [0.25, 0.3) is 5.91 Å². The Hall–Kier alpha value is -1.52. The molecule has 23 heavy (non-hydrogen) atoms. The predicted octanol–water partition coefficient (Wildman–Crippen LogP) is 4.75. The fourth-order valence-electron chi connectivity index (χ4n) is 4.66. The average molecular weight is 325 g/mol. The Labute approximate surface area is 134 Å². The number of hydrogen-bond acceptors (Lipinski definition) is 1. The highest BCUT2D eigenvalue weighted by atomic mass is 19.4. The van der Waals surface area contributed by atoms with Crippen LogP contribution in [0.1, 0.15) is 56.0 Å². The van der Waals surface area contributed by atoms with Gasteiger partial charge < -0.3 is 4.90 Å². The van der Waals surface area contributed by atoms with Crippen LogP contribution in [0.15, 0.2) is 24.3 Å². The molecule has 1 heterocycles. The van der Waals surface area contributed by atoms with E-state index in [1.165, 1.54) is 12.1 Å². The van der Waals surface area contributed by atoms with Gasteiger partial charge in [0.05, 0.1) is 5.56 Å². The first-order valence-corrected chi connectivity index (χ1v) is 7.97. The fraction of sp³-hybridized carbons (Fsp3) is 0.611. The Morgan fingerprint density at radius 3 is 2.30 bits per heavy atom. The zero-order chi connectivity index (χ0) is 17.0. The maximum atomic E-state index is 12.7. The molecule has 0 aromatic heterocycles. The molecule has 2 unspecified atom stereocenters. The predicted molar refractivity (Wildman–Crippen MR) is 82.0 cm³/mol. The molecule has 1 aromatic carbocycles. The number of likely N-dealkylation sites (tertiary alicyclic amines) is 1. The third-order valence-electron chi connectivity index (χ3n) is 5.13. The molecule has 2 atom stereocenters. The minimum absolute atomic E-state index is 0.119. The van der Waals surface area contributed by atoms with Gasteiger partial charge >= 0.3 is 6.18 Å². The Morgan fingerprint density at radius 2 is 1.74 bits per heavy atom. The molecule has 1 aromatic rings. The fourth-order valence-corrected chi connectivity index (χ4v) is 4.66. The lowest BCUT2D eigenvalue weighted by Crippen LogP contribution is -2.37. The van der Waals surface area contributed by atoms with Gasteiger partial charge in [0.15, 0.2) is 0 Å². The molecule has 1 aliphatic carbocycles. The lowest BCUT2D eigenvalue weighted by Gasteiger charge is -2.39. The molecule has 2 aliphatic rings. The van der Waals surface area contributed by atoms with Gasteiger partial charge in [-0.1, -0.05) is 20.8 Å². The van der Waals surface area contributed by atoms with Crippen molar-refractivity contribution in [3.8, 4) is 0 Å². The molecule has 0 spiro atoms. The van der Waals surface area contributed by atoms with Gasteiger partial charge in [-0.25, -0.2) is 0 Å². The molecule has 2 nitrogen and oxygen atoms in total. The van der Waals surface area contributed by atoms with Crippen molar-refractivity contribution in [3.63, 3.8) is 0 Å². The molecule has 5 heteroatoms. The van der Waals surface area contributed by atoms with Crippen LogP contribution < -0.4 is 0 Å². The van der Waals surface area contributed by atoms with E-state index >= 15 is 0 Å². The number of carbonyl (C=O) groups is 1. The normalized spacial score (nSPS) is 29.7. The molecule has 2 fully saturated rings. The van der Waals surface area contributed by atoms with Crippen LogP contribution in [0.25, 0.3) is 0 Å². The van der Waals surface area contributed by atoms with Gasteiger partial charge in [-0.3, -0.25) is 4.79 Å². The second-order valence-corrected chi connectivity index (χ2v) is 8.22. The summed E-state index contributed by atoms with van der Waals surface area (Å²) in [5.41, 5.74) is -0.0600. The van der Waals surface area contributed by atoms with Gasteiger partial charge in [-0.05, 0) is 54.4 Å². The number of benzene rings is 1. The minimum Gasteiger partial charge on any atom is -0.335 e. The molecular weight excluding hydrogens is 303 g/mol. The van der Waals surface area contributed by atoms with Crippen LogP contribution in [-0.2, 0) is 6.18 Å². The third-order valence-corrected chi connectivity index (χ3v) is 5.13. The zero-order valence-corrected chi connectivity index (χ0v) is 13.7. The second kappa shape index (κ2) is 4.99. The van der Waals surface area contributed by atoms with E-state index in [0.717, 1.165) is 31.4 Å². The SMILES string of the molecule is CC1(C)CC2CC(C)(CN2C(=O)c2ccc(C(F)(F)F)cc2)C1. The van der Waals surface area contributed by atoms with Crippen molar-refractivity contribution in [2.75, 3.05) is 6.54 Å². The topological polar surface area (TPSA) is 20.3 Å². The maximum absolute atomic E-state index is 12.7. The van der Waals surface area contributed by atoms with Crippen molar-refractivity contribution in [2.24, 2.45) is 10.8 Å². The summed E-state index contributed by atoms with van der Waals surface area (Å²) in [7, 11) is 0. The van der Waals surface area contributed by atoms with Crippen LogP contribution in [0, 0.1) is 10.8 Å². The van der Waals surface area contributed by atoms with E-state index in [4.69, 9.17) is 0 Å². The highest BCUT2D eigenvalue weighted by Gasteiger charge is 2.51. The molecule has 1 saturated carbocycles. The number of nitrogens with zero attached hydrogens (tertiary/aromatic N) is 1. The van der Waals surface area contributed by atoms with Crippen molar-refractivity contribution in [3.05, 3.63) is 35.4 Å². The molecule has 3 rings (SSSR count). The smallest absolute Gasteiger partial charge is 0.335 e. The van der Waals surface area contributed by atoms with Crippen LogP contribution in [0.3, 0.4) is 0 Å². The van der Waals surface area contributed by atoms with Crippen LogP contribution in [0.4, 0.5) is 13.2 Å². The summed E-state index contributed by atoms with van der Waals surface area (Å²) in [4.78, 5) is 14.6. The van der Waals surface area contributed by atoms with Crippen molar-refractivity contribution < 1.29 is 18.0 Å². The summed E-state index contributed by atoms with van der Waals surface area (Å²) in [6.07, 6.45) is -1.35. The van der Waals surface area contributed by atoms with Gasteiger partial charge in [-0.15, -0.1) is 0 Å². The largest absolute Gasteiger partial charge is 0.416 e. The number of halogens is 3. The summed E-state index contributed by atoms with van der Waals surface area (Å²) in [5, 5.41) is 0. The second-order valence-electron chi connectivity index (χ2n) is 8.22.